The van der Waals surface area contributed by atoms with Crippen LogP contribution in [0.4, 0.5) is 0 Å². The normalized spacial score (nSPS) is 19.5. The van der Waals surface area contributed by atoms with Gasteiger partial charge in [-0.25, -0.2) is 0 Å². The van der Waals surface area contributed by atoms with Crippen molar-refractivity contribution in [3.05, 3.63) is 29.8 Å². The average Bonchev–Trinajstić information content (AvgIpc) is 2.78. The Morgan fingerprint density at radius 2 is 1.72 bits per heavy atom. The van der Waals surface area contributed by atoms with Crippen LogP contribution in [0, 0.1) is 0 Å². The first-order valence-corrected chi connectivity index (χ1v) is 8.46. The maximum atomic E-state index is 11.9. The second kappa shape index (κ2) is 7.76. The van der Waals surface area contributed by atoms with E-state index in [-0.39, 0.29) is 31.4 Å². The summed E-state index contributed by atoms with van der Waals surface area (Å²) in [6.07, 6.45) is 0.157. The number of rotatable bonds is 7. The van der Waals surface area contributed by atoms with Crippen LogP contribution >= 0.6 is 0 Å². The second-order valence-electron chi connectivity index (χ2n) is 7.15. The van der Waals surface area contributed by atoms with Crippen molar-refractivity contribution in [3.63, 3.8) is 0 Å². The molecule has 0 amide bonds. The largest absolute Gasteiger partial charge is 0.491 e. The van der Waals surface area contributed by atoms with Crippen molar-refractivity contribution in [1.82, 2.24) is 0 Å². The molecular formula is C18H27BO6. The van der Waals surface area contributed by atoms with Gasteiger partial charge in [-0.15, -0.1) is 0 Å². The molecular weight excluding hydrogens is 323 g/mol. The standard InChI is InChI=1S/C18H27BO6/c1-17(2)18(3,4)25-19(24-17)15(12-16(21)22-5)13-6-8-14(9-7-13)23-11-10-20/h6-9,15,20H,10-12H2,1-5H3. The van der Waals surface area contributed by atoms with Gasteiger partial charge >= 0.3 is 13.1 Å². The van der Waals surface area contributed by atoms with Crippen molar-refractivity contribution in [2.75, 3.05) is 20.3 Å². The van der Waals surface area contributed by atoms with Crippen LogP contribution in [0.5, 0.6) is 5.75 Å². The number of hydrogen-bond acceptors (Lipinski definition) is 6. The van der Waals surface area contributed by atoms with E-state index in [1.807, 2.05) is 39.8 Å². The molecule has 0 aliphatic carbocycles. The van der Waals surface area contributed by atoms with Crippen LogP contribution in [0.3, 0.4) is 0 Å². The fraction of sp³-hybridized carbons (Fsp3) is 0.611. The van der Waals surface area contributed by atoms with Crippen LogP contribution in [-0.2, 0) is 18.8 Å². The summed E-state index contributed by atoms with van der Waals surface area (Å²) >= 11 is 0. The third-order valence-electron chi connectivity index (χ3n) is 4.88. The van der Waals surface area contributed by atoms with E-state index in [4.69, 9.17) is 23.9 Å². The first kappa shape index (κ1) is 19.8. The molecule has 0 radical (unpaired) electrons. The van der Waals surface area contributed by atoms with Gasteiger partial charge in [0.2, 0.25) is 0 Å². The van der Waals surface area contributed by atoms with Crippen molar-refractivity contribution in [2.24, 2.45) is 0 Å². The minimum atomic E-state index is -0.548. The smallest absolute Gasteiger partial charge is 0.466 e. The Morgan fingerprint density at radius 3 is 2.20 bits per heavy atom. The maximum Gasteiger partial charge on any atom is 0.466 e. The van der Waals surface area contributed by atoms with E-state index < -0.39 is 18.3 Å². The van der Waals surface area contributed by atoms with Crippen LogP contribution in [-0.4, -0.2) is 49.7 Å². The zero-order valence-electron chi connectivity index (χ0n) is 15.6. The fourth-order valence-corrected chi connectivity index (χ4v) is 2.66. The SMILES string of the molecule is COC(=O)CC(B1OC(C)(C)C(C)(C)O1)c1ccc(OCCO)cc1. The molecule has 0 spiro atoms. The van der Waals surface area contributed by atoms with Crippen LogP contribution < -0.4 is 4.74 Å². The third kappa shape index (κ3) is 4.54. The van der Waals surface area contributed by atoms with Gasteiger partial charge in [0.05, 0.1) is 31.3 Å². The molecule has 1 aromatic carbocycles. The summed E-state index contributed by atoms with van der Waals surface area (Å²) in [4.78, 5) is 11.9. The van der Waals surface area contributed by atoms with Crippen molar-refractivity contribution in [3.8, 4) is 5.75 Å². The molecule has 1 fully saturated rings. The Balaban J connectivity index is 2.23. The highest BCUT2D eigenvalue weighted by atomic mass is 16.7. The average molecular weight is 350 g/mol. The van der Waals surface area contributed by atoms with Gasteiger partial charge in [0.15, 0.2) is 0 Å². The second-order valence-corrected chi connectivity index (χ2v) is 7.15. The van der Waals surface area contributed by atoms with Crippen LogP contribution in [0.2, 0.25) is 0 Å². The van der Waals surface area contributed by atoms with Gasteiger partial charge in [-0.05, 0) is 45.4 Å². The zero-order chi connectivity index (χ0) is 18.7. The van der Waals surface area contributed by atoms with E-state index in [0.717, 1.165) is 5.56 Å². The lowest BCUT2D eigenvalue weighted by Crippen LogP contribution is -2.41. The minimum Gasteiger partial charge on any atom is -0.491 e. The molecule has 1 aliphatic rings. The molecule has 1 saturated heterocycles. The Labute approximate surface area is 149 Å². The van der Waals surface area contributed by atoms with Gasteiger partial charge < -0.3 is 23.9 Å². The first-order valence-electron chi connectivity index (χ1n) is 8.46. The number of methoxy groups -OCH3 is 1. The van der Waals surface area contributed by atoms with Crippen molar-refractivity contribution in [2.45, 2.75) is 51.1 Å². The molecule has 138 valence electrons. The van der Waals surface area contributed by atoms with E-state index in [1.54, 1.807) is 12.1 Å². The number of hydrogen-bond donors (Lipinski definition) is 1. The Bertz CT molecular complexity index is 568. The number of ether oxygens (including phenoxy) is 2. The highest BCUT2D eigenvalue weighted by Crippen LogP contribution is 2.42. The van der Waals surface area contributed by atoms with E-state index in [9.17, 15) is 4.79 Å². The summed E-state index contributed by atoms with van der Waals surface area (Å²) in [5, 5.41) is 8.83. The van der Waals surface area contributed by atoms with Crippen LogP contribution in [0.25, 0.3) is 0 Å². The van der Waals surface area contributed by atoms with Gasteiger partial charge in [-0.3, -0.25) is 4.79 Å². The fourth-order valence-electron chi connectivity index (χ4n) is 2.66. The van der Waals surface area contributed by atoms with Gasteiger partial charge in [0.25, 0.3) is 0 Å². The molecule has 25 heavy (non-hydrogen) atoms. The summed E-state index contributed by atoms with van der Waals surface area (Å²) in [6, 6.07) is 7.37. The highest BCUT2D eigenvalue weighted by molar-refractivity contribution is 6.48. The third-order valence-corrected chi connectivity index (χ3v) is 4.88. The topological polar surface area (TPSA) is 74.2 Å². The molecule has 7 heteroatoms. The predicted molar refractivity (Wildman–Crippen MR) is 94.5 cm³/mol. The Kier molecular flexibility index (Phi) is 6.14. The van der Waals surface area contributed by atoms with Crippen molar-refractivity contribution in [1.29, 1.82) is 0 Å². The van der Waals surface area contributed by atoms with E-state index >= 15 is 0 Å². The lowest BCUT2D eigenvalue weighted by Gasteiger charge is -2.32. The first-order chi connectivity index (χ1) is 11.7. The molecule has 1 atom stereocenters. The number of carbonyl (C=O) groups excluding carboxylic acids is 1. The quantitative estimate of drug-likeness (QED) is 0.601. The molecule has 1 heterocycles. The molecule has 0 bridgehead atoms. The zero-order valence-corrected chi connectivity index (χ0v) is 15.6. The Morgan fingerprint density at radius 1 is 1.16 bits per heavy atom. The summed E-state index contributed by atoms with van der Waals surface area (Å²) < 4.78 is 22.5. The monoisotopic (exact) mass is 350 g/mol. The maximum absolute atomic E-state index is 11.9. The number of aliphatic hydroxyl groups excluding tert-OH is 1. The van der Waals surface area contributed by atoms with Gasteiger partial charge in [-0.2, -0.15) is 0 Å². The molecule has 2 rings (SSSR count). The van der Waals surface area contributed by atoms with E-state index in [0.29, 0.717) is 5.75 Å². The number of carbonyl (C=O) groups is 1. The molecule has 0 saturated carbocycles. The molecule has 1 unspecified atom stereocenters. The summed E-state index contributed by atoms with van der Waals surface area (Å²) in [5.74, 6) is 0.0456. The predicted octanol–water partition coefficient (Wildman–Crippen LogP) is 2.34. The van der Waals surface area contributed by atoms with Crippen molar-refractivity contribution >= 4 is 13.1 Å². The van der Waals surface area contributed by atoms with Gasteiger partial charge in [-0.1, -0.05) is 12.1 Å². The van der Waals surface area contributed by atoms with Crippen LogP contribution in [0.15, 0.2) is 24.3 Å². The Hall–Kier alpha value is -1.57. The van der Waals surface area contributed by atoms with Gasteiger partial charge in [0.1, 0.15) is 12.4 Å². The lowest BCUT2D eigenvalue weighted by molar-refractivity contribution is -0.140. The molecule has 0 aromatic heterocycles. The summed E-state index contributed by atoms with van der Waals surface area (Å²) in [5.41, 5.74) is -0.0489. The molecule has 1 N–H and O–H groups in total. The molecule has 6 nitrogen and oxygen atoms in total. The lowest BCUT2D eigenvalue weighted by atomic mass is 9.66. The summed E-state index contributed by atoms with van der Waals surface area (Å²) in [7, 11) is 0.823. The summed E-state index contributed by atoms with van der Waals surface area (Å²) in [6.45, 7) is 8.12. The highest BCUT2D eigenvalue weighted by Gasteiger charge is 2.54. The van der Waals surface area contributed by atoms with E-state index in [1.165, 1.54) is 7.11 Å². The number of aliphatic hydroxyl groups is 1. The number of esters is 1. The van der Waals surface area contributed by atoms with E-state index in [2.05, 4.69) is 0 Å². The van der Waals surface area contributed by atoms with Crippen molar-refractivity contribution < 1.29 is 28.7 Å². The number of benzene rings is 1. The van der Waals surface area contributed by atoms with Crippen LogP contribution in [0.1, 0.15) is 45.5 Å². The van der Waals surface area contributed by atoms with Gasteiger partial charge in [0, 0.05) is 5.82 Å². The minimum absolute atomic E-state index is 0.0410. The molecule has 1 aromatic rings. The molecule has 1 aliphatic heterocycles.